The molecule has 2 aromatic rings. The minimum Gasteiger partial charge on any atom is -0.324 e. The second kappa shape index (κ2) is 4.48. The van der Waals surface area contributed by atoms with Gasteiger partial charge in [0.05, 0.1) is 11.0 Å². The molecule has 0 bridgehead atoms. The molecule has 4 heteroatoms. The molecule has 1 heterocycles. The standard InChI is InChI=1S/C16H20BrClN2/c1-15(2)14(16(15,3)4)20-12-9-10(17)5-6-11(12)19-13(20)7-8-18/h5-6,9,14H,7-8H2,1-4H3. The zero-order chi connectivity index (χ0) is 14.7. The van der Waals surface area contributed by atoms with Crippen molar-refractivity contribution >= 4 is 38.6 Å². The van der Waals surface area contributed by atoms with Gasteiger partial charge >= 0.3 is 0 Å². The SMILES string of the molecule is CC1(C)C(n2c(CCCl)nc3ccc(Br)cc32)C1(C)C. The smallest absolute Gasteiger partial charge is 0.111 e. The summed E-state index contributed by atoms with van der Waals surface area (Å²) in [6.07, 6.45) is 0.816. The van der Waals surface area contributed by atoms with Gasteiger partial charge in [-0.2, -0.15) is 0 Å². The highest BCUT2D eigenvalue weighted by Gasteiger charge is 2.66. The Kier molecular flexibility index (Phi) is 3.22. The fourth-order valence-electron chi connectivity index (χ4n) is 3.47. The number of halogens is 2. The average Bonchev–Trinajstić information content (AvgIpc) is 2.65. The van der Waals surface area contributed by atoms with E-state index in [-0.39, 0.29) is 10.8 Å². The Morgan fingerprint density at radius 3 is 2.45 bits per heavy atom. The van der Waals surface area contributed by atoms with Crippen molar-refractivity contribution in [1.82, 2.24) is 9.55 Å². The van der Waals surface area contributed by atoms with Gasteiger partial charge in [0.15, 0.2) is 0 Å². The molecule has 0 aliphatic heterocycles. The van der Waals surface area contributed by atoms with E-state index in [2.05, 4.69) is 60.3 Å². The molecule has 1 aromatic heterocycles. The van der Waals surface area contributed by atoms with E-state index in [0.717, 1.165) is 22.2 Å². The number of aromatic nitrogens is 2. The lowest BCUT2D eigenvalue weighted by molar-refractivity contribution is 0.457. The van der Waals surface area contributed by atoms with E-state index in [0.29, 0.717) is 11.9 Å². The molecule has 0 atom stereocenters. The van der Waals surface area contributed by atoms with E-state index in [4.69, 9.17) is 16.6 Å². The van der Waals surface area contributed by atoms with Gasteiger partial charge in [0.25, 0.3) is 0 Å². The Labute approximate surface area is 133 Å². The van der Waals surface area contributed by atoms with Crippen LogP contribution in [0.3, 0.4) is 0 Å². The van der Waals surface area contributed by atoms with Crippen molar-refractivity contribution in [3.05, 3.63) is 28.5 Å². The lowest BCUT2D eigenvalue weighted by Gasteiger charge is -2.11. The maximum Gasteiger partial charge on any atom is 0.111 e. The van der Waals surface area contributed by atoms with Gasteiger partial charge in [0.1, 0.15) is 5.82 Å². The number of hydrogen-bond donors (Lipinski definition) is 0. The molecular weight excluding hydrogens is 336 g/mol. The summed E-state index contributed by atoms with van der Waals surface area (Å²) in [5.41, 5.74) is 2.84. The number of imidazole rings is 1. The number of aryl methyl sites for hydroxylation is 1. The summed E-state index contributed by atoms with van der Waals surface area (Å²) >= 11 is 9.55. The number of alkyl halides is 1. The number of rotatable bonds is 3. The van der Waals surface area contributed by atoms with Crippen LogP contribution in [-0.2, 0) is 6.42 Å². The molecular formula is C16H20BrClN2. The normalized spacial score (nSPS) is 20.5. The molecule has 0 saturated heterocycles. The van der Waals surface area contributed by atoms with Crippen molar-refractivity contribution in [2.75, 3.05) is 5.88 Å². The molecule has 108 valence electrons. The molecule has 0 amide bonds. The molecule has 1 aliphatic carbocycles. The van der Waals surface area contributed by atoms with E-state index < -0.39 is 0 Å². The zero-order valence-corrected chi connectivity index (χ0v) is 14.7. The molecule has 1 saturated carbocycles. The van der Waals surface area contributed by atoms with Crippen molar-refractivity contribution in [3.63, 3.8) is 0 Å². The molecule has 1 aliphatic rings. The zero-order valence-electron chi connectivity index (χ0n) is 12.4. The van der Waals surface area contributed by atoms with Gasteiger partial charge in [-0.15, -0.1) is 11.6 Å². The van der Waals surface area contributed by atoms with E-state index in [9.17, 15) is 0 Å². The van der Waals surface area contributed by atoms with E-state index in [1.807, 2.05) is 6.07 Å². The predicted octanol–water partition coefficient (Wildman–Crippen LogP) is 5.19. The van der Waals surface area contributed by atoms with Crippen LogP contribution in [0.15, 0.2) is 22.7 Å². The molecule has 2 nitrogen and oxygen atoms in total. The number of benzene rings is 1. The van der Waals surface area contributed by atoms with Gasteiger partial charge in [0, 0.05) is 22.8 Å². The fraction of sp³-hybridized carbons (Fsp3) is 0.562. The lowest BCUT2D eigenvalue weighted by atomic mass is 10.0. The first kappa shape index (κ1) is 14.4. The highest BCUT2D eigenvalue weighted by molar-refractivity contribution is 9.10. The van der Waals surface area contributed by atoms with Crippen LogP contribution >= 0.6 is 27.5 Å². The molecule has 0 unspecified atom stereocenters. The molecule has 0 spiro atoms. The van der Waals surface area contributed by atoms with Gasteiger partial charge < -0.3 is 4.57 Å². The van der Waals surface area contributed by atoms with Gasteiger partial charge in [-0.25, -0.2) is 4.98 Å². The van der Waals surface area contributed by atoms with Crippen molar-refractivity contribution in [3.8, 4) is 0 Å². The molecule has 0 radical (unpaired) electrons. The van der Waals surface area contributed by atoms with Crippen molar-refractivity contribution < 1.29 is 0 Å². The summed E-state index contributed by atoms with van der Waals surface area (Å²) in [5.74, 6) is 1.72. The Morgan fingerprint density at radius 2 is 1.90 bits per heavy atom. The second-order valence-electron chi connectivity index (χ2n) is 6.82. The van der Waals surface area contributed by atoms with Crippen LogP contribution < -0.4 is 0 Å². The third kappa shape index (κ3) is 1.86. The van der Waals surface area contributed by atoms with Gasteiger partial charge in [-0.05, 0) is 29.0 Å². The summed E-state index contributed by atoms with van der Waals surface area (Å²) in [6, 6.07) is 6.78. The minimum absolute atomic E-state index is 0.282. The molecule has 1 fully saturated rings. The molecule has 20 heavy (non-hydrogen) atoms. The molecule has 1 aromatic carbocycles. The van der Waals surface area contributed by atoms with Crippen molar-refractivity contribution in [2.45, 2.75) is 40.2 Å². The van der Waals surface area contributed by atoms with Crippen molar-refractivity contribution in [2.24, 2.45) is 10.8 Å². The first-order valence-corrected chi connectivity index (χ1v) is 8.36. The monoisotopic (exact) mass is 354 g/mol. The van der Waals surface area contributed by atoms with E-state index in [1.54, 1.807) is 0 Å². The predicted molar refractivity (Wildman–Crippen MR) is 88.5 cm³/mol. The summed E-state index contributed by atoms with van der Waals surface area (Å²) in [5, 5.41) is 0. The summed E-state index contributed by atoms with van der Waals surface area (Å²) in [4.78, 5) is 4.79. The average molecular weight is 356 g/mol. The quantitative estimate of drug-likeness (QED) is 0.693. The summed E-state index contributed by atoms with van der Waals surface area (Å²) < 4.78 is 3.52. The maximum atomic E-state index is 5.97. The first-order chi connectivity index (χ1) is 9.30. The van der Waals surface area contributed by atoms with Crippen LogP contribution in [0.5, 0.6) is 0 Å². The second-order valence-corrected chi connectivity index (χ2v) is 8.11. The Balaban J connectivity index is 2.22. The van der Waals surface area contributed by atoms with Crippen LogP contribution in [0, 0.1) is 10.8 Å². The highest BCUT2D eigenvalue weighted by Crippen LogP contribution is 2.72. The topological polar surface area (TPSA) is 17.8 Å². The van der Waals surface area contributed by atoms with Gasteiger partial charge in [-0.3, -0.25) is 0 Å². The third-order valence-electron chi connectivity index (χ3n) is 5.25. The Bertz CT molecular complexity index is 658. The number of hydrogen-bond acceptors (Lipinski definition) is 1. The van der Waals surface area contributed by atoms with Crippen LogP contribution in [0.25, 0.3) is 11.0 Å². The molecule has 0 N–H and O–H groups in total. The van der Waals surface area contributed by atoms with Gasteiger partial charge in [0.2, 0.25) is 0 Å². The largest absolute Gasteiger partial charge is 0.324 e. The van der Waals surface area contributed by atoms with Crippen LogP contribution in [-0.4, -0.2) is 15.4 Å². The van der Waals surface area contributed by atoms with Crippen LogP contribution in [0.2, 0.25) is 0 Å². The summed E-state index contributed by atoms with van der Waals surface area (Å²) in [6.45, 7) is 9.36. The maximum absolute atomic E-state index is 5.97. The van der Waals surface area contributed by atoms with E-state index in [1.165, 1.54) is 5.52 Å². The van der Waals surface area contributed by atoms with Crippen molar-refractivity contribution in [1.29, 1.82) is 0 Å². The Hall–Kier alpha value is -0.540. The third-order valence-corrected chi connectivity index (χ3v) is 5.93. The number of fused-ring (bicyclic) bond motifs is 1. The van der Waals surface area contributed by atoms with E-state index >= 15 is 0 Å². The van der Waals surface area contributed by atoms with Crippen LogP contribution in [0.4, 0.5) is 0 Å². The minimum atomic E-state index is 0.282. The lowest BCUT2D eigenvalue weighted by Crippen LogP contribution is -2.07. The number of nitrogens with zero attached hydrogens (tertiary/aromatic N) is 2. The summed E-state index contributed by atoms with van der Waals surface area (Å²) in [7, 11) is 0. The fourth-order valence-corrected chi connectivity index (χ4v) is 3.99. The van der Waals surface area contributed by atoms with Crippen LogP contribution in [0.1, 0.15) is 39.6 Å². The van der Waals surface area contributed by atoms with Gasteiger partial charge in [-0.1, -0.05) is 43.6 Å². The Morgan fingerprint density at radius 1 is 1.25 bits per heavy atom. The first-order valence-electron chi connectivity index (χ1n) is 7.03. The highest BCUT2D eigenvalue weighted by atomic mass is 79.9. The molecule has 3 rings (SSSR count).